The van der Waals surface area contributed by atoms with Gasteiger partial charge in [-0.05, 0) is 60.9 Å². The van der Waals surface area contributed by atoms with Crippen LogP contribution in [0.2, 0.25) is 10.0 Å². The molecule has 222 valence electrons. The largest absolute Gasteiger partial charge is 0.478 e. The number of hydrogen-bond donors (Lipinski definition) is 3. The van der Waals surface area contributed by atoms with Gasteiger partial charge in [0.1, 0.15) is 12.4 Å². The topological polar surface area (TPSA) is 110 Å². The second-order valence-electron chi connectivity index (χ2n) is 10.0. The summed E-state index contributed by atoms with van der Waals surface area (Å²) < 4.78 is 25.4. The number of carbonyl (C=O) groups is 2. The molecule has 4 aromatic rings. The van der Waals surface area contributed by atoms with Gasteiger partial charge < -0.3 is 25.2 Å². The van der Waals surface area contributed by atoms with E-state index < -0.39 is 11.8 Å². The van der Waals surface area contributed by atoms with Gasteiger partial charge in [0.2, 0.25) is 11.8 Å². The number of benzene rings is 3. The normalized spacial score (nSPS) is 14.3. The fourth-order valence-corrected chi connectivity index (χ4v) is 5.11. The summed E-state index contributed by atoms with van der Waals surface area (Å²) in [5, 5.41) is 16.2. The number of pyridine rings is 1. The number of carbonyl (C=O) groups excluding carboxylic acids is 1. The zero-order valence-electron chi connectivity index (χ0n) is 22.9. The van der Waals surface area contributed by atoms with Gasteiger partial charge in [0.05, 0.1) is 40.2 Å². The number of carboxylic acid groups (broad SMARTS) is 1. The number of rotatable bonds is 11. The quantitative estimate of drug-likeness (QED) is 0.161. The average molecular weight is 624 g/mol. The van der Waals surface area contributed by atoms with Crippen molar-refractivity contribution in [2.24, 2.45) is 0 Å². The van der Waals surface area contributed by atoms with Gasteiger partial charge in [0.25, 0.3) is 0 Å². The molecule has 1 atom stereocenters. The Balaban J connectivity index is 1.24. The number of carboxylic acids is 1. The fourth-order valence-electron chi connectivity index (χ4n) is 4.65. The van der Waals surface area contributed by atoms with Crippen molar-refractivity contribution in [3.05, 3.63) is 105 Å². The Labute approximate surface area is 257 Å². The van der Waals surface area contributed by atoms with Crippen LogP contribution in [0.25, 0.3) is 11.3 Å². The highest BCUT2D eigenvalue weighted by Gasteiger charge is 2.18. The Bertz CT molecular complexity index is 1650. The van der Waals surface area contributed by atoms with Gasteiger partial charge in [-0.15, -0.1) is 0 Å². The highest BCUT2D eigenvalue weighted by atomic mass is 35.5. The number of hydrogen-bond acceptors (Lipinski definition) is 6. The molecular formula is C32H28Cl2FN3O5. The van der Waals surface area contributed by atoms with Crippen LogP contribution in [0.5, 0.6) is 5.88 Å². The smallest absolute Gasteiger partial charge is 0.335 e. The summed E-state index contributed by atoms with van der Waals surface area (Å²) in [5.41, 5.74) is 3.29. The SMILES string of the molecule is O=C(Cc1ccc(-c2cccc(OCc3ccc(Cl)cc3F)n2)c(Cl)c1)Nc1ccc(C(=O)O)cc1NCC1CCCO1. The number of ether oxygens (including phenoxy) is 2. The summed E-state index contributed by atoms with van der Waals surface area (Å²) >= 11 is 12.4. The van der Waals surface area contributed by atoms with Crippen LogP contribution in [0.3, 0.4) is 0 Å². The lowest BCUT2D eigenvalue weighted by molar-refractivity contribution is -0.115. The molecule has 5 rings (SSSR count). The number of aromatic nitrogens is 1. The second kappa shape index (κ2) is 13.9. The molecule has 3 N–H and O–H groups in total. The van der Waals surface area contributed by atoms with Crippen LogP contribution < -0.4 is 15.4 Å². The predicted octanol–water partition coefficient (Wildman–Crippen LogP) is 7.24. The highest BCUT2D eigenvalue weighted by molar-refractivity contribution is 6.33. The lowest BCUT2D eigenvalue weighted by atomic mass is 10.1. The number of anilines is 2. The molecule has 1 aromatic heterocycles. The van der Waals surface area contributed by atoms with Gasteiger partial charge in [-0.3, -0.25) is 4.79 Å². The van der Waals surface area contributed by atoms with Crippen molar-refractivity contribution in [2.75, 3.05) is 23.8 Å². The van der Waals surface area contributed by atoms with E-state index in [9.17, 15) is 19.1 Å². The predicted molar refractivity (Wildman–Crippen MR) is 164 cm³/mol. The Morgan fingerprint density at radius 1 is 1.05 bits per heavy atom. The monoisotopic (exact) mass is 623 g/mol. The van der Waals surface area contributed by atoms with E-state index in [1.807, 2.05) is 0 Å². The zero-order chi connectivity index (χ0) is 30.3. The molecule has 0 saturated carbocycles. The number of nitrogens with one attached hydrogen (secondary N) is 2. The Morgan fingerprint density at radius 2 is 1.91 bits per heavy atom. The molecule has 0 spiro atoms. The molecule has 1 unspecified atom stereocenters. The standard InChI is InChI=1S/C32H28Cl2FN3O5/c33-22-9-7-21(26(35)16-22)18-43-31-5-1-4-27(38-31)24-10-6-19(13-25(24)34)14-30(39)37-28-11-8-20(32(40)41)15-29(28)36-17-23-3-2-12-42-23/h1,4-11,13,15-16,23,36H,2-3,12,14,17-18H2,(H,37,39)(H,40,41). The van der Waals surface area contributed by atoms with Crippen molar-refractivity contribution < 1.29 is 28.6 Å². The van der Waals surface area contributed by atoms with Crippen LogP contribution in [-0.2, 0) is 22.6 Å². The minimum atomic E-state index is -1.06. The molecule has 0 bridgehead atoms. The fraction of sp³-hybridized carbons (Fsp3) is 0.219. The van der Waals surface area contributed by atoms with Crippen LogP contribution in [0.1, 0.15) is 34.3 Å². The van der Waals surface area contributed by atoms with Crippen molar-refractivity contribution in [3.63, 3.8) is 0 Å². The molecule has 1 saturated heterocycles. The van der Waals surface area contributed by atoms with Gasteiger partial charge in [0, 0.05) is 35.4 Å². The molecule has 0 radical (unpaired) electrons. The zero-order valence-corrected chi connectivity index (χ0v) is 24.4. The first-order chi connectivity index (χ1) is 20.7. The first kappa shape index (κ1) is 30.3. The third-order valence-corrected chi connectivity index (χ3v) is 7.42. The molecule has 1 aliphatic heterocycles. The van der Waals surface area contributed by atoms with Crippen molar-refractivity contribution >= 4 is 46.5 Å². The molecule has 1 amide bonds. The van der Waals surface area contributed by atoms with Crippen LogP contribution in [0, 0.1) is 5.82 Å². The van der Waals surface area contributed by atoms with Crippen LogP contribution in [0.15, 0.2) is 72.8 Å². The molecule has 0 aliphatic carbocycles. The maximum Gasteiger partial charge on any atom is 0.335 e. The van der Waals surface area contributed by atoms with Crippen molar-refractivity contribution in [1.82, 2.24) is 4.98 Å². The summed E-state index contributed by atoms with van der Waals surface area (Å²) in [6.45, 7) is 1.18. The van der Waals surface area contributed by atoms with E-state index in [2.05, 4.69) is 15.6 Å². The van der Waals surface area contributed by atoms with Gasteiger partial charge in [-0.25, -0.2) is 14.2 Å². The van der Waals surface area contributed by atoms with E-state index in [-0.39, 0.29) is 30.6 Å². The van der Waals surface area contributed by atoms with E-state index in [4.69, 9.17) is 32.7 Å². The minimum Gasteiger partial charge on any atom is -0.478 e. The number of amides is 1. The maximum absolute atomic E-state index is 14.1. The van der Waals surface area contributed by atoms with E-state index in [0.717, 1.165) is 12.8 Å². The molecule has 2 heterocycles. The third kappa shape index (κ3) is 8.01. The molecule has 11 heteroatoms. The van der Waals surface area contributed by atoms with E-state index >= 15 is 0 Å². The van der Waals surface area contributed by atoms with Gasteiger partial charge in [-0.2, -0.15) is 0 Å². The summed E-state index contributed by atoms with van der Waals surface area (Å²) in [6, 6.07) is 19.3. The van der Waals surface area contributed by atoms with Crippen molar-refractivity contribution in [3.8, 4) is 17.1 Å². The van der Waals surface area contributed by atoms with E-state index in [0.29, 0.717) is 62.8 Å². The molecule has 1 fully saturated rings. The Kier molecular flexibility index (Phi) is 9.76. The average Bonchev–Trinajstić information content (AvgIpc) is 3.50. The number of nitrogens with zero attached hydrogens (tertiary/aromatic N) is 1. The molecule has 43 heavy (non-hydrogen) atoms. The first-order valence-corrected chi connectivity index (χ1v) is 14.4. The van der Waals surface area contributed by atoms with E-state index in [1.165, 1.54) is 18.2 Å². The molecule has 3 aromatic carbocycles. The van der Waals surface area contributed by atoms with Crippen molar-refractivity contribution in [1.29, 1.82) is 0 Å². The van der Waals surface area contributed by atoms with Crippen LogP contribution in [0.4, 0.5) is 15.8 Å². The molecular weight excluding hydrogens is 596 g/mol. The lowest BCUT2D eigenvalue weighted by Crippen LogP contribution is -2.21. The lowest BCUT2D eigenvalue weighted by Gasteiger charge is -2.17. The highest BCUT2D eigenvalue weighted by Crippen LogP contribution is 2.30. The second-order valence-corrected chi connectivity index (χ2v) is 10.8. The summed E-state index contributed by atoms with van der Waals surface area (Å²) in [6.07, 6.45) is 1.97. The Hall–Kier alpha value is -4.18. The minimum absolute atomic E-state index is 0.0220. The van der Waals surface area contributed by atoms with Crippen LogP contribution in [-0.4, -0.2) is 41.2 Å². The summed E-state index contributed by atoms with van der Waals surface area (Å²) in [4.78, 5) is 29.0. The van der Waals surface area contributed by atoms with Gasteiger partial charge in [-0.1, -0.05) is 47.5 Å². The van der Waals surface area contributed by atoms with Crippen molar-refractivity contribution in [2.45, 2.75) is 32.0 Å². The Morgan fingerprint density at radius 3 is 2.65 bits per heavy atom. The summed E-state index contributed by atoms with van der Waals surface area (Å²) in [7, 11) is 0. The molecule has 1 aliphatic rings. The third-order valence-electron chi connectivity index (χ3n) is 6.87. The maximum atomic E-state index is 14.1. The number of aromatic carboxylic acids is 1. The molecule has 8 nitrogen and oxygen atoms in total. The van der Waals surface area contributed by atoms with Crippen LogP contribution >= 0.6 is 23.2 Å². The summed E-state index contributed by atoms with van der Waals surface area (Å²) in [5.74, 6) is -1.52. The first-order valence-electron chi connectivity index (χ1n) is 13.6. The van der Waals surface area contributed by atoms with Gasteiger partial charge >= 0.3 is 5.97 Å². The number of halogens is 3. The van der Waals surface area contributed by atoms with Gasteiger partial charge in [0.15, 0.2) is 0 Å². The van der Waals surface area contributed by atoms with E-state index in [1.54, 1.807) is 54.6 Å².